The third-order valence-electron chi connectivity index (χ3n) is 2.15. The van der Waals surface area contributed by atoms with E-state index < -0.39 is 11.6 Å². The molecule has 0 saturated carbocycles. The van der Waals surface area contributed by atoms with E-state index in [-0.39, 0.29) is 11.6 Å². The lowest BCUT2D eigenvalue weighted by atomic mass is 10.4. The minimum atomic E-state index is -0.872. The van der Waals surface area contributed by atoms with Gasteiger partial charge in [0.15, 0.2) is 23.3 Å². The number of aryl methyl sites for hydroxylation is 2. The van der Waals surface area contributed by atoms with Crippen LogP contribution in [0.4, 0.5) is 14.6 Å². The van der Waals surface area contributed by atoms with Gasteiger partial charge in [-0.1, -0.05) is 0 Å². The van der Waals surface area contributed by atoms with E-state index in [0.29, 0.717) is 11.8 Å². The topological polar surface area (TPSA) is 56.7 Å². The maximum Gasteiger partial charge on any atom is 0.192 e. The number of hydrogen-bond donors (Lipinski definition) is 1. The predicted octanol–water partition coefficient (Wildman–Crippen LogP) is 1.74. The summed E-state index contributed by atoms with van der Waals surface area (Å²) in [6.45, 7) is 3.52. The van der Waals surface area contributed by atoms with E-state index in [1.54, 1.807) is 19.9 Å². The van der Waals surface area contributed by atoms with Crippen molar-refractivity contribution in [2.75, 3.05) is 5.73 Å². The van der Waals surface area contributed by atoms with Gasteiger partial charge in [-0.3, -0.25) is 0 Å². The number of pyridine rings is 1. The molecule has 0 unspecified atom stereocenters. The lowest BCUT2D eigenvalue weighted by molar-refractivity contribution is 0.562. The number of halogens is 2. The average Bonchev–Trinajstić information content (AvgIpc) is 2.51. The molecule has 0 spiro atoms. The molecule has 2 heterocycles. The van der Waals surface area contributed by atoms with Gasteiger partial charge >= 0.3 is 0 Å². The number of rotatable bonds is 1. The molecule has 2 aromatic rings. The highest BCUT2D eigenvalue weighted by Crippen LogP contribution is 2.17. The molecule has 0 atom stereocenters. The third-order valence-corrected chi connectivity index (χ3v) is 2.15. The van der Waals surface area contributed by atoms with E-state index in [9.17, 15) is 8.78 Å². The van der Waals surface area contributed by atoms with E-state index in [2.05, 4.69) is 10.1 Å². The fraction of sp³-hybridized carbons (Fsp3) is 0.200. The summed E-state index contributed by atoms with van der Waals surface area (Å²) >= 11 is 0. The summed E-state index contributed by atoms with van der Waals surface area (Å²) in [5.41, 5.74) is 6.72. The number of hydrogen-bond acceptors (Lipinski definition) is 3. The van der Waals surface area contributed by atoms with Crippen molar-refractivity contribution in [3.63, 3.8) is 0 Å². The summed E-state index contributed by atoms with van der Waals surface area (Å²) < 4.78 is 27.7. The van der Waals surface area contributed by atoms with Crippen LogP contribution in [0.25, 0.3) is 5.82 Å². The molecule has 6 heteroatoms. The van der Waals surface area contributed by atoms with Crippen LogP contribution in [0.2, 0.25) is 0 Å². The van der Waals surface area contributed by atoms with Gasteiger partial charge in [0.1, 0.15) is 0 Å². The number of nitrogen functional groups attached to an aromatic ring is 1. The second kappa shape index (κ2) is 3.55. The first-order chi connectivity index (χ1) is 7.49. The van der Waals surface area contributed by atoms with Crippen molar-refractivity contribution >= 4 is 5.82 Å². The zero-order valence-corrected chi connectivity index (χ0v) is 8.83. The van der Waals surface area contributed by atoms with Gasteiger partial charge in [0, 0.05) is 11.8 Å². The predicted molar refractivity (Wildman–Crippen MR) is 55.2 cm³/mol. The zero-order chi connectivity index (χ0) is 11.9. The second-order valence-electron chi connectivity index (χ2n) is 3.50. The van der Waals surface area contributed by atoms with Gasteiger partial charge in [-0.2, -0.15) is 5.10 Å². The number of anilines is 1. The number of nitrogens with zero attached hydrogens (tertiary/aromatic N) is 3. The zero-order valence-electron chi connectivity index (χ0n) is 8.83. The van der Waals surface area contributed by atoms with E-state index in [1.807, 2.05) is 0 Å². The Morgan fingerprint density at radius 3 is 2.44 bits per heavy atom. The van der Waals surface area contributed by atoms with Crippen molar-refractivity contribution in [3.8, 4) is 5.82 Å². The molecule has 0 aliphatic carbocycles. The highest BCUT2D eigenvalue weighted by molar-refractivity contribution is 5.38. The van der Waals surface area contributed by atoms with Crippen molar-refractivity contribution in [3.05, 3.63) is 35.2 Å². The molecule has 0 bridgehead atoms. The molecule has 0 aliphatic heterocycles. The molecule has 0 aromatic carbocycles. The minimum Gasteiger partial charge on any atom is -0.381 e. The fourth-order valence-corrected chi connectivity index (χ4v) is 1.46. The Bertz CT molecular complexity index is 548. The van der Waals surface area contributed by atoms with Gasteiger partial charge in [-0.05, 0) is 19.9 Å². The molecule has 2 aromatic heterocycles. The van der Waals surface area contributed by atoms with Gasteiger partial charge in [0.2, 0.25) is 0 Å². The summed E-state index contributed by atoms with van der Waals surface area (Å²) in [6.07, 6.45) is 0. The number of nitrogens with two attached hydrogens (primary N) is 1. The monoisotopic (exact) mass is 224 g/mol. The Morgan fingerprint density at radius 2 is 1.88 bits per heavy atom. The van der Waals surface area contributed by atoms with Crippen LogP contribution in [0, 0.1) is 25.5 Å². The smallest absolute Gasteiger partial charge is 0.192 e. The fourth-order valence-electron chi connectivity index (χ4n) is 1.46. The first-order valence-electron chi connectivity index (χ1n) is 4.64. The summed E-state index contributed by atoms with van der Waals surface area (Å²) in [5, 5.41) is 4.05. The van der Waals surface area contributed by atoms with E-state index in [4.69, 9.17) is 5.73 Å². The molecule has 16 heavy (non-hydrogen) atoms. The first-order valence-corrected chi connectivity index (χ1v) is 4.64. The molecule has 4 nitrogen and oxygen atoms in total. The molecule has 2 rings (SSSR count). The maximum atomic E-state index is 13.5. The minimum absolute atomic E-state index is 0.0931. The Kier molecular flexibility index (Phi) is 2.34. The van der Waals surface area contributed by atoms with E-state index in [1.165, 1.54) is 4.68 Å². The van der Waals surface area contributed by atoms with Gasteiger partial charge < -0.3 is 5.73 Å². The standard InChI is InChI=1S/C10H10F2N4/c1-5-3-6(2)16(15-5)10-8(12)4-7(11)9(13)14-10/h3-4H,1-2H3,(H2,13,14). The third kappa shape index (κ3) is 1.62. The van der Waals surface area contributed by atoms with Crippen molar-refractivity contribution in [1.29, 1.82) is 0 Å². The van der Waals surface area contributed by atoms with Crippen LogP contribution >= 0.6 is 0 Å². The summed E-state index contributed by atoms with van der Waals surface area (Å²) in [7, 11) is 0. The van der Waals surface area contributed by atoms with Crippen LogP contribution in [0.3, 0.4) is 0 Å². The molecular formula is C10H10F2N4. The number of aromatic nitrogens is 3. The van der Waals surface area contributed by atoms with Crippen LogP contribution in [0.15, 0.2) is 12.1 Å². The molecule has 2 N–H and O–H groups in total. The highest BCUT2D eigenvalue weighted by Gasteiger charge is 2.14. The Labute approximate surface area is 90.7 Å². The molecule has 0 fully saturated rings. The lowest BCUT2D eigenvalue weighted by Gasteiger charge is -2.06. The van der Waals surface area contributed by atoms with Crippen molar-refractivity contribution < 1.29 is 8.78 Å². The summed E-state index contributed by atoms with van der Waals surface area (Å²) in [4.78, 5) is 3.64. The van der Waals surface area contributed by atoms with E-state index in [0.717, 1.165) is 5.69 Å². The average molecular weight is 224 g/mol. The first kappa shape index (κ1) is 10.5. The van der Waals surface area contributed by atoms with Crippen LogP contribution < -0.4 is 5.73 Å². The Morgan fingerprint density at radius 1 is 1.19 bits per heavy atom. The molecule has 0 saturated heterocycles. The van der Waals surface area contributed by atoms with Crippen molar-refractivity contribution in [1.82, 2.24) is 14.8 Å². The SMILES string of the molecule is Cc1cc(C)n(-c2nc(N)c(F)cc2F)n1. The van der Waals surface area contributed by atoms with Gasteiger partial charge in [-0.15, -0.1) is 0 Å². The van der Waals surface area contributed by atoms with Crippen LogP contribution in [-0.2, 0) is 0 Å². The van der Waals surface area contributed by atoms with Crippen molar-refractivity contribution in [2.45, 2.75) is 13.8 Å². The summed E-state index contributed by atoms with van der Waals surface area (Å²) in [5.74, 6) is -2.10. The van der Waals surface area contributed by atoms with Gasteiger partial charge in [-0.25, -0.2) is 18.4 Å². The van der Waals surface area contributed by atoms with Gasteiger partial charge in [0.25, 0.3) is 0 Å². The highest BCUT2D eigenvalue weighted by atomic mass is 19.1. The summed E-state index contributed by atoms with van der Waals surface area (Å²) in [6, 6.07) is 2.47. The molecular weight excluding hydrogens is 214 g/mol. The van der Waals surface area contributed by atoms with Crippen LogP contribution in [0.5, 0.6) is 0 Å². The lowest BCUT2D eigenvalue weighted by Crippen LogP contribution is -2.08. The quantitative estimate of drug-likeness (QED) is 0.802. The second-order valence-corrected chi connectivity index (χ2v) is 3.50. The van der Waals surface area contributed by atoms with Crippen molar-refractivity contribution in [2.24, 2.45) is 0 Å². The molecule has 0 aliphatic rings. The normalized spacial score (nSPS) is 10.8. The van der Waals surface area contributed by atoms with Gasteiger partial charge in [0.05, 0.1) is 5.69 Å². The molecule has 84 valence electrons. The maximum absolute atomic E-state index is 13.5. The van der Waals surface area contributed by atoms with Crippen LogP contribution in [0.1, 0.15) is 11.4 Å². The Hall–Kier alpha value is -1.98. The van der Waals surface area contributed by atoms with E-state index >= 15 is 0 Å². The van der Waals surface area contributed by atoms with Crippen LogP contribution in [-0.4, -0.2) is 14.8 Å². The molecule has 0 radical (unpaired) electrons. The largest absolute Gasteiger partial charge is 0.381 e. The molecule has 0 amide bonds. The Balaban J connectivity index is 2.64.